The number of anilines is 1. The molecule has 2 aromatic rings. The minimum absolute atomic E-state index is 0.665. The second-order valence-electron chi connectivity index (χ2n) is 5.72. The fourth-order valence-corrected chi connectivity index (χ4v) is 2.80. The lowest BCUT2D eigenvalue weighted by Crippen LogP contribution is -2.37. The van der Waals surface area contributed by atoms with E-state index in [2.05, 4.69) is 39.1 Å². The van der Waals surface area contributed by atoms with Crippen LogP contribution in [0.2, 0.25) is 0 Å². The van der Waals surface area contributed by atoms with Crippen molar-refractivity contribution in [1.82, 2.24) is 9.97 Å². The number of nitrogens with zero attached hydrogens (tertiary/aromatic N) is 3. The maximum atomic E-state index is 5.73. The third-order valence-electron chi connectivity index (χ3n) is 4.17. The van der Waals surface area contributed by atoms with Crippen molar-refractivity contribution in [1.29, 1.82) is 0 Å². The zero-order valence-corrected chi connectivity index (χ0v) is 12.3. The fraction of sp³-hybridized carbons (Fsp3) is 0.412. The summed E-state index contributed by atoms with van der Waals surface area (Å²) in [6.07, 6.45) is 7.07. The highest BCUT2D eigenvalue weighted by atomic mass is 15.2. The Kier molecular flexibility index (Phi) is 4.46. The molecule has 110 valence electrons. The molecule has 4 heteroatoms. The summed E-state index contributed by atoms with van der Waals surface area (Å²) in [6, 6.07) is 10.4. The van der Waals surface area contributed by atoms with Crippen molar-refractivity contribution in [2.45, 2.75) is 19.3 Å². The van der Waals surface area contributed by atoms with Gasteiger partial charge in [0.15, 0.2) is 0 Å². The van der Waals surface area contributed by atoms with Crippen LogP contribution in [0.15, 0.2) is 42.7 Å². The molecule has 3 rings (SSSR count). The molecule has 0 aliphatic carbocycles. The Morgan fingerprint density at radius 3 is 2.29 bits per heavy atom. The average Bonchev–Trinajstić information content (AvgIpc) is 2.57. The largest absolute Gasteiger partial charge is 0.341 e. The van der Waals surface area contributed by atoms with Gasteiger partial charge in [-0.3, -0.25) is 0 Å². The van der Waals surface area contributed by atoms with E-state index in [4.69, 9.17) is 5.73 Å². The second kappa shape index (κ2) is 6.68. The van der Waals surface area contributed by atoms with Crippen molar-refractivity contribution < 1.29 is 0 Å². The van der Waals surface area contributed by atoms with Gasteiger partial charge in [0.25, 0.3) is 0 Å². The highest BCUT2D eigenvalue weighted by Gasteiger charge is 2.19. The summed E-state index contributed by atoms with van der Waals surface area (Å²) in [7, 11) is 0. The van der Waals surface area contributed by atoms with Crippen LogP contribution in [0.5, 0.6) is 0 Å². The quantitative estimate of drug-likeness (QED) is 0.934. The fourth-order valence-electron chi connectivity index (χ4n) is 2.80. The van der Waals surface area contributed by atoms with Gasteiger partial charge in [-0.2, -0.15) is 0 Å². The van der Waals surface area contributed by atoms with E-state index in [0.29, 0.717) is 5.92 Å². The van der Waals surface area contributed by atoms with E-state index in [1.807, 2.05) is 18.5 Å². The summed E-state index contributed by atoms with van der Waals surface area (Å²) in [6.45, 7) is 2.82. The SMILES string of the molecule is NCC1CCN(c2ncc(Cc3ccccc3)cn2)CC1. The summed E-state index contributed by atoms with van der Waals surface area (Å²) in [5.41, 5.74) is 8.17. The van der Waals surface area contributed by atoms with Gasteiger partial charge in [0.1, 0.15) is 0 Å². The molecule has 0 saturated carbocycles. The summed E-state index contributed by atoms with van der Waals surface area (Å²) < 4.78 is 0. The third kappa shape index (κ3) is 3.58. The number of nitrogens with two attached hydrogens (primary N) is 1. The Labute approximate surface area is 126 Å². The Bertz CT molecular complexity index is 545. The molecule has 2 heterocycles. The van der Waals surface area contributed by atoms with Gasteiger partial charge in [0, 0.05) is 31.9 Å². The first-order valence-corrected chi connectivity index (χ1v) is 7.65. The zero-order chi connectivity index (χ0) is 14.5. The molecule has 1 fully saturated rings. The van der Waals surface area contributed by atoms with E-state index in [1.54, 1.807) is 0 Å². The third-order valence-corrected chi connectivity index (χ3v) is 4.17. The predicted molar refractivity (Wildman–Crippen MR) is 85.3 cm³/mol. The molecule has 4 nitrogen and oxygen atoms in total. The van der Waals surface area contributed by atoms with Gasteiger partial charge in [-0.15, -0.1) is 0 Å². The van der Waals surface area contributed by atoms with Crippen LogP contribution >= 0.6 is 0 Å². The monoisotopic (exact) mass is 282 g/mol. The summed E-state index contributed by atoms with van der Waals surface area (Å²) in [4.78, 5) is 11.3. The van der Waals surface area contributed by atoms with Crippen molar-refractivity contribution in [3.63, 3.8) is 0 Å². The van der Waals surface area contributed by atoms with E-state index in [-0.39, 0.29) is 0 Å². The van der Waals surface area contributed by atoms with Crippen LogP contribution in [-0.4, -0.2) is 29.6 Å². The molecule has 0 radical (unpaired) electrons. The molecule has 0 atom stereocenters. The van der Waals surface area contributed by atoms with E-state index in [1.165, 1.54) is 5.56 Å². The molecule has 1 aromatic heterocycles. The minimum atomic E-state index is 0.665. The van der Waals surface area contributed by atoms with Gasteiger partial charge in [0.05, 0.1) is 0 Å². The van der Waals surface area contributed by atoms with Crippen molar-refractivity contribution >= 4 is 5.95 Å². The van der Waals surface area contributed by atoms with Gasteiger partial charge in [0.2, 0.25) is 5.95 Å². The first-order valence-electron chi connectivity index (χ1n) is 7.65. The van der Waals surface area contributed by atoms with Gasteiger partial charge >= 0.3 is 0 Å². The Hall–Kier alpha value is -1.94. The summed E-state index contributed by atoms with van der Waals surface area (Å²) >= 11 is 0. The van der Waals surface area contributed by atoms with Crippen molar-refractivity contribution in [2.24, 2.45) is 11.7 Å². The molecule has 0 bridgehead atoms. The molecule has 2 N–H and O–H groups in total. The first-order chi connectivity index (χ1) is 10.3. The molecular formula is C17H22N4. The maximum absolute atomic E-state index is 5.73. The highest BCUT2D eigenvalue weighted by Crippen LogP contribution is 2.19. The van der Waals surface area contributed by atoms with E-state index < -0.39 is 0 Å². The van der Waals surface area contributed by atoms with E-state index >= 15 is 0 Å². The van der Waals surface area contributed by atoms with E-state index in [0.717, 1.165) is 50.4 Å². The van der Waals surface area contributed by atoms with Crippen molar-refractivity contribution in [2.75, 3.05) is 24.5 Å². The smallest absolute Gasteiger partial charge is 0.225 e. The van der Waals surface area contributed by atoms with Crippen LogP contribution in [0.4, 0.5) is 5.95 Å². The number of aromatic nitrogens is 2. The summed E-state index contributed by atoms with van der Waals surface area (Å²) in [5, 5.41) is 0. The average molecular weight is 282 g/mol. The number of rotatable bonds is 4. The second-order valence-corrected chi connectivity index (χ2v) is 5.72. The lowest BCUT2D eigenvalue weighted by molar-refractivity contribution is 0.411. The number of piperidine rings is 1. The van der Waals surface area contributed by atoms with Crippen LogP contribution in [0.1, 0.15) is 24.0 Å². The van der Waals surface area contributed by atoms with Gasteiger partial charge in [-0.25, -0.2) is 9.97 Å². The molecule has 1 aliphatic rings. The predicted octanol–water partition coefficient (Wildman–Crippen LogP) is 2.24. The van der Waals surface area contributed by atoms with E-state index in [9.17, 15) is 0 Å². The summed E-state index contributed by atoms with van der Waals surface area (Å²) in [5.74, 6) is 1.51. The van der Waals surface area contributed by atoms with Gasteiger partial charge < -0.3 is 10.6 Å². The molecule has 1 aliphatic heterocycles. The van der Waals surface area contributed by atoms with Crippen LogP contribution in [0, 0.1) is 5.92 Å². The van der Waals surface area contributed by atoms with Gasteiger partial charge in [-0.05, 0) is 36.4 Å². The molecule has 0 spiro atoms. The number of hydrogen-bond donors (Lipinski definition) is 1. The zero-order valence-electron chi connectivity index (χ0n) is 12.3. The topological polar surface area (TPSA) is 55.0 Å². The minimum Gasteiger partial charge on any atom is -0.341 e. The van der Waals surface area contributed by atoms with Crippen molar-refractivity contribution in [3.05, 3.63) is 53.9 Å². The molecule has 1 saturated heterocycles. The van der Waals surface area contributed by atoms with Crippen LogP contribution < -0.4 is 10.6 Å². The molecular weight excluding hydrogens is 260 g/mol. The molecule has 0 unspecified atom stereocenters. The Balaban J connectivity index is 1.62. The van der Waals surface area contributed by atoms with Crippen molar-refractivity contribution in [3.8, 4) is 0 Å². The number of benzene rings is 1. The first kappa shape index (κ1) is 14.0. The number of hydrogen-bond acceptors (Lipinski definition) is 4. The highest BCUT2D eigenvalue weighted by molar-refractivity contribution is 5.32. The standard InChI is InChI=1S/C17H22N4/c18-11-15-6-8-21(9-7-15)17-19-12-16(13-20-17)10-14-4-2-1-3-5-14/h1-5,12-13,15H,6-11,18H2. The van der Waals surface area contributed by atoms with Crippen LogP contribution in [-0.2, 0) is 6.42 Å². The molecule has 1 aromatic carbocycles. The van der Waals surface area contributed by atoms with Crippen LogP contribution in [0.25, 0.3) is 0 Å². The van der Waals surface area contributed by atoms with Gasteiger partial charge in [-0.1, -0.05) is 30.3 Å². The lowest BCUT2D eigenvalue weighted by atomic mass is 9.97. The Morgan fingerprint density at radius 1 is 1.00 bits per heavy atom. The molecule has 0 amide bonds. The maximum Gasteiger partial charge on any atom is 0.225 e. The van der Waals surface area contributed by atoms with Crippen LogP contribution in [0.3, 0.4) is 0 Å². The normalized spacial score (nSPS) is 16.1. The Morgan fingerprint density at radius 2 is 1.67 bits per heavy atom. The lowest BCUT2D eigenvalue weighted by Gasteiger charge is -2.31. The molecule has 21 heavy (non-hydrogen) atoms.